The highest BCUT2D eigenvalue weighted by Crippen LogP contribution is 2.16. The van der Waals surface area contributed by atoms with Crippen LogP contribution in [-0.4, -0.2) is 18.4 Å². The summed E-state index contributed by atoms with van der Waals surface area (Å²) < 4.78 is 4.89. The van der Waals surface area contributed by atoms with Crippen LogP contribution in [0.4, 0.5) is 5.69 Å². The molecule has 0 bridgehead atoms. The quantitative estimate of drug-likeness (QED) is 0.666. The molecule has 1 aromatic rings. The van der Waals surface area contributed by atoms with E-state index in [-0.39, 0.29) is 18.4 Å². The first kappa shape index (κ1) is 8.74. The van der Waals surface area contributed by atoms with Gasteiger partial charge in [-0.2, -0.15) is 5.01 Å². The Morgan fingerprint density at radius 2 is 2.07 bits per heavy atom. The monoisotopic (exact) mass is 189 g/mol. The molecule has 71 valence electrons. The SMILES string of the molecule is [CH2]C1=NN(c2ccccc2)C(=O)CO1. The highest BCUT2D eigenvalue weighted by molar-refractivity contribution is 6.00. The number of anilines is 1. The molecule has 1 aliphatic heterocycles. The lowest BCUT2D eigenvalue weighted by Crippen LogP contribution is -2.35. The molecule has 0 spiro atoms. The van der Waals surface area contributed by atoms with Crippen molar-refractivity contribution in [1.29, 1.82) is 0 Å². The predicted octanol–water partition coefficient (Wildman–Crippen LogP) is 1.20. The smallest absolute Gasteiger partial charge is 0.285 e. The molecular weight excluding hydrogens is 180 g/mol. The van der Waals surface area contributed by atoms with Gasteiger partial charge >= 0.3 is 0 Å². The molecule has 0 aliphatic carbocycles. The minimum atomic E-state index is -0.191. The molecule has 0 atom stereocenters. The lowest BCUT2D eigenvalue weighted by molar-refractivity contribution is -0.121. The van der Waals surface area contributed by atoms with Gasteiger partial charge in [0.05, 0.1) is 5.69 Å². The summed E-state index contributed by atoms with van der Waals surface area (Å²) in [6.07, 6.45) is 0. The van der Waals surface area contributed by atoms with Crippen molar-refractivity contribution < 1.29 is 9.53 Å². The molecule has 1 amide bonds. The fourth-order valence-corrected chi connectivity index (χ4v) is 1.17. The summed E-state index contributed by atoms with van der Waals surface area (Å²) in [4.78, 5) is 11.4. The van der Waals surface area contributed by atoms with Crippen LogP contribution in [0.2, 0.25) is 0 Å². The Morgan fingerprint density at radius 3 is 2.79 bits per heavy atom. The zero-order valence-electron chi connectivity index (χ0n) is 7.51. The molecule has 0 unspecified atom stereocenters. The Morgan fingerprint density at radius 1 is 1.36 bits per heavy atom. The maximum Gasteiger partial charge on any atom is 0.285 e. The lowest BCUT2D eigenvalue weighted by Gasteiger charge is -2.22. The zero-order chi connectivity index (χ0) is 9.97. The number of carbonyl (C=O) groups excluding carboxylic acids is 1. The van der Waals surface area contributed by atoms with Gasteiger partial charge in [-0.3, -0.25) is 4.79 Å². The average Bonchev–Trinajstić information content (AvgIpc) is 2.23. The van der Waals surface area contributed by atoms with Crippen LogP contribution in [0.15, 0.2) is 35.4 Å². The Hall–Kier alpha value is -1.84. The maximum atomic E-state index is 11.4. The van der Waals surface area contributed by atoms with Gasteiger partial charge in [0.25, 0.3) is 5.91 Å². The van der Waals surface area contributed by atoms with Gasteiger partial charge in [0.15, 0.2) is 6.61 Å². The third kappa shape index (κ3) is 1.59. The summed E-state index contributed by atoms with van der Waals surface area (Å²) in [6.45, 7) is 3.54. The van der Waals surface area contributed by atoms with Crippen LogP contribution in [0.1, 0.15) is 0 Å². The largest absolute Gasteiger partial charge is 0.469 e. The number of para-hydroxylation sites is 1. The van der Waals surface area contributed by atoms with Crippen LogP contribution < -0.4 is 5.01 Å². The van der Waals surface area contributed by atoms with E-state index in [2.05, 4.69) is 12.0 Å². The fourth-order valence-electron chi connectivity index (χ4n) is 1.17. The molecule has 0 saturated heterocycles. The molecule has 4 heteroatoms. The normalized spacial score (nSPS) is 16.2. The van der Waals surface area contributed by atoms with Gasteiger partial charge in [-0.1, -0.05) is 18.2 Å². The molecule has 0 aromatic heterocycles. The van der Waals surface area contributed by atoms with Crippen molar-refractivity contribution in [2.45, 2.75) is 0 Å². The number of nitrogens with zero attached hydrogens (tertiary/aromatic N) is 2. The summed E-state index contributed by atoms with van der Waals surface area (Å²) in [7, 11) is 0. The highest BCUT2D eigenvalue weighted by atomic mass is 16.5. The van der Waals surface area contributed by atoms with Crippen LogP contribution in [0.25, 0.3) is 0 Å². The fraction of sp³-hybridized carbons (Fsp3) is 0.100. The van der Waals surface area contributed by atoms with Gasteiger partial charge in [-0.15, -0.1) is 5.10 Å². The van der Waals surface area contributed by atoms with Crippen molar-refractivity contribution in [1.82, 2.24) is 0 Å². The van der Waals surface area contributed by atoms with Gasteiger partial charge in [0, 0.05) is 6.92 Å². The highest BCUT2D eigenvalue weighted by Gasteiger charge is 2.20. The number of carbonyl (C=O) groups is 1. The summed E-state index contributed by atoms with van der Waals surface area (Å²) in [5, 5.41) is 5.20. The Balaban J connectivity index is 2.34. The number of hydrazone groups is 1. The minimum absolute atomic E-state index is 0.00275. The summed E-state index contributed by atoms with van der Waals surface area (Å²) >= 11 is 0. The first-order chi connectivity index (χ1) is 6.77. The first-order valence-corrected chi connectivity index (χ1v) is 4.19. The molecule has 0 N–H and O–H groups in total. The number of benzene rings is 1. The third-order valence-corrected chi connectivity index (χ3v) is 1.81. The molecule has 14 heavy (non-hydrogen) atoms. The molecular formula is C10H9N2O2. The van der Waals surface area contributed by atoms with Crippen molar-refractivity contribution in [2.24, 2.45) is 5.10 Å². The molecule has 0 saturated carbocycles. The Bertz CT molecular complexity index is 373. The second kappa shape index (κ2) is 3.49. The Labute approximate surface area is 81.8 Å². The number of hydrogen-bond donors (Lipinski definition) is 0. The minimum Gasteiger partial charge on any atom is -0.469 e. The molecule has 1 radical (unpaired) electrons. The number of amides is 1. The summed E-state index contributed by atoms with van der Waals surface area (Å²) in [6, 6.07) is 9.18. The average molecular weight is 189 g/mol. The second-order valence-corrected chi connectivity index (χ2v) is 2.82. The lowest BCUT2D eigenvalue weighted by atomic mass is 10.3. The van der Waals surface area contributed by atoms with E-state index >= 15 is 0 Å². The number of hydrogen-bond acceptors (Lipinski definition) is 3. The van der Waals surface area contributed by atoms with Crippen LogP contribution >= 0.6 is 0 Å². The number of rotatable bonds is 1. The molecule has 1 aliphatic rings. The molecule has 0 fully saturated rings. The van der Waals surface area contributed by atoms with Gasteiger partial charge in [-0.25, -0.2) is 0 Å². The van der Waals surface area contributed by atoms with Gasteiger partial charge in [0.2, 0.25) is 5.90 Å². The topological polar surface area (TPSA) is 41.9 Å². The standard InChI is InChI=1S/C10H9N2O2/c1-8-11-12(10(13)7-14-8)9-5-3-2-4-6-9/h2-6H,1,7H2. The third-order valence-electron chi connectivity index (χ3n) is 1.81. The molecule has 2 rings (SSSR count). The Kier molecular flexibility index (Phi) is 2.18. The zero-order valence-corrected chi connectivity index (χ0v) is 7.51. The van der Waals surface area contributed by atoms with Crippen LogP contribution in [0.5, 0.6) is 0 Å². The van der Waals surface area contributed by atoms with E-state index < -0.39 is 0 Å². The van der Waals surface area contributed by atoms with Crippen molar-refractivity contribution >= 4 is 17.5 Å². The van der Waals surface area contributed by atoms with E-state index in [9.17, 15) is 4.79 Å². The summed E-state index contributed by atoms with van der Waals surface area (Å²) in [5.74, 6) is 0.0667. The number of ether oxygens (including phenoxy) is 1. The van der Waals surface area contributed by atoms with Gasteiger partial charge < -0.3 is 4.74 Å². The van der Waals surface area contributed by atoms with E-state index in [0.29, 0.717) is 0 Å². The van der Waals surface area contributed by atoms with E-state index in [0.717, 1.165) is 5.69 Å². The van der Waals surface area contributed by atoms with Gasteiger partial charge in [-0.05, 0) is 12.1 Å². The van der Waals surface area contributed by atoms with Crippen molar-refractivity contribution in [3.8, 4) is 0 Å². The second-order valence-electron chi connectivity index (χ2n) is 2.82. The molecule has 1 aromatic carbocycles. The van der Waals surface area contributed by atoms with E-state index in [4.69, 9.17) is 4.74 Å². The molecule has 1 heterocycles. The predicted molar refractivity (Wildman–Crippen MR) is 52.7 cm³/mol. The van der Waals surface area contributed by atoms with E-state index in [1.54, 1.807) is 12.1 Å². The van der Waals surface area contributed by atoms with Crippen molar-refractivity contribution in [2.75, 3.05) is 11.6 Å². The molecule has 4 nitrogen and oxygen atoms in total. The van der Waals surface area contributed by atoms with Crippen molar-refractivity contribution in [3.05, 3.63) is 37.3 Å². The van der Waals surface area contributed by atoms with Crippen LogP contribution in [-0.2, 0) is 9.53 Å². The van der Waals surface area contributed by atoms with Crippen molar-refractivity contribution in [3.63, 3.8) is 0 Å². The maximum absolute atomic E-state index is 11.4. The van der Waals surface area contributed by atoms with Crippen LogP contribution in [0, 0.1) is 6.92 Å². The van der Waals surface area contributed by atoms with Crippen LogP contribution in [0.3, 0.4) is 0 Å². The van der Waals surface area contributed by atoms with E-state index in [1.807, 2.05) is 18.2 Å². The van der Waals surface area contributed by atoms with E-state index in [1.165, 1.54) is 5.01 Å². The van der Waals surface area contributed by atoms with Gasteiger partial charge in [0.1, 0.15) is 0 Å². The first-order valence-electron chi connectivity index (χ1n) is 4.19. The summed E-state index contributed by atoms with van der Waals surface area (Å²) in [5.41, 5.74) is 0.724.